The van der Waals surface area contributed by atoms with E-state index in [0.717, 1.165) is 0 Å². The molecular formula is C14H21N5O5. The number of anilines is 2. The summed E-state index contributed by atoms with van der Waals surface area (Å²) >= 11 is 0. The van der Waals surface area contributed by atoms with Crippen molar-refractivity contribution in [3.63, 3.8) is 0 Å². The fraction of sp³-hybridized carbons (Fsp3) is 0.643. The number of nitro groups is 1. The number of methoxy groups -OCH3 is 1. The van der Waals surface area contributed by atoms with Crippen LogP contribution in [-0.2, 0) is 9.53 Å². The van der Waals surface area contributed by atoms with E-state index in [1.807, 2.05) is 6.92 Å². The highest BCUT2D eigenvalue weighted by Gasteiger charge is 2.31. The van der Waals surface area contributed by atoms with Gasteiger partial charge in [0.1, 0.15) is 6.33 Å². The highest BCUT2D eigenvalue weighted by Crippen LogP contribution is 2.34. The fourth-order valence-corrected chi connectivity index (χ4v) is 2.74. The Morgan fingerprint density at radius 1 is 1.54 bits per heavy atom. The Balaban J connectivity index is 2.24. The van der Waals surface area contributed by atoms with Gasteiger partial charge in [0.15, 0.2) is 0 Å². The molecule has 24 heavy (non-hydrogen) atoms. The molecule has 0 saturated carbocycles. The second-order valence-electron chi connectivity index (χ2n) is 5.75. The maximum absolute atomic E-state index is 11.5. The minimum absolute atomic E-state index is 0.134. The first-order valence-corrected chi connectivity index (χ1v) is 7.66. The van der Waals surface area contributed by atoms with Crippen molar-refractivity contribution in [3.05, 3.63) is 16.4 Å². The van der Waals surface area contributed by atoms with Crippen molar-refractivity contribution in [1.82, 2.24) is 9.97 Å². The van der Waals surface area contributed by atoms with E-state index in [1.54, 1.807) is 12.0 Å². The van der Waals surface area contributed by atoms with Crippen LogP contribution in [0.25, 0.3) is 0 Å². The molecular weight excluding hydrogens is 318 g/mol. The summed E-state index contributed by atoms with van der Waals surface area (Å²) in [5.74, 6) is -0.898. The van der Waals surface area contributed by atoms with Crippen LogP contribution < -0.4 is 10.2 Å². The summed E-state index contributed by atoms with van der Waals surface area (Å²) in [5, 5.41) is 23.5. The molecule has 10 heteroatoms. The normalized spacial score (nSPS) is 16.7. The number of ether oxygens (including phenoxy) is 1. The van der Waals surface area contributed by atoms with Gasteiger partial charge in [0.25, 0.3) is 0 Å². The summed E-state index contributed by atoms with van der Waals surface area (Å²) in [6.07, 6.45) is 2.13. The van der Waals surface area contributed by atoms with E-state index in [2.05, 4.69) is 15.3 Å². The number of aliphatic carboxylic acids is 1. The van der Waals surface area contributed by atoms with Gasteiger partial charge < -0.3 is 20.1 Å². The van der Waals surface area contributed by atoms with Gasteiger partial charge >= 0.3 is 11.7 Å². The van der Waals surface area contributed by atoms with Gasteiger partial charge in [-0.15, -0.1) is 0 Å². The zero-order valence-corrected chi connectivity index (χ0v) is 13.6. The molecule has 1 aromatic rings. The number of nitrogens with zero attached hydrogens (tertiary/aromatic N) is 4. The molecule has 132 valence electrons. The number of carbonyl (C=O) groups is 1. The second kappa shape index (κ2) is 7.86. The predicted octanol–water partition coefficient (Wildman–Crippen LogP) is 1.13. The quantitative estimate of drug-likeness (QED) is 0.554. The van der Waals surface area contributed by atoms with Gasteiger partial charge in [-0.2, -0.15) is 0 Å². The van der Waals surface area contributed by atoms with E-state index in [4.69, 9.17) is 9.84 Å². The van der Waals surface area contributed by atoms with Gasteiger partial charge in [-0.3, -0.25) is 14.9 Å². The molecule has 1 fully saturated rings. The lowest BCUT2D eigenvalue weighted by Gasteiger charge is -2.30. The summed E-state index contributed by atoms with van der Waals surface area (Å²) in [4.78, 5) is 31.8. The third-order valence-electron chi connectivity index (χ3n) is 3.93. The van der Waals surface area contributed by atoms with Crippen LogP contribution in [0.5, 0.6) is 0 Å². The van der Waals surface area contributed by atoms with Crippen LogP contribution in [0.1, 0.15) is 19.8 Å². The predicted molar refractivity (Wildman–Crippen MR) is 86.2 cm³/mol. The lowest BCUT2D eigenvalue weighted by atomic mass is 9.97. The maximum Gasteiger partial charge on any atom is 0.353 e. The smallest absolute Gasteiger partial charge is 0.353 e. The molecule has 0 bridgehead atoms. The molecule has 1 unspecified atom stereocenters. The molecule has 1 aliphatic rings. The maximum atomic E-state index is 11.5. The molecule has 0 radical (unpaired) electrons. The monoisotopic (exact) mass is 339 g/mol. The first-order valence-electron chi connectivity index (χ1n) is 7.66. The number of nitrogens with one attached hydrogen (secondary N) is 1. The molecule has 10 nitrogen and oxygen atoms in total. The molecule has 0 amide bonds. The minimum atomic E-state index is -0.831. The van der Waals surface area contributed by atoms with E-state index in [0.29, 0.717) is 32.5 Å². The lowest BCUT2D eigenvalue weighted by Crippen LogP contribution is -2.37. The van der Waals surface area contributed by atoms with Gasteiger partial charge in [0, 0.05) is 26.2 Å². The van der Waals surface area contributed by atoms with Crippen molar-refractivity contribution < 1.29 is 19.6 Å². The van der Waals surface area contributed by atoms with Crippen molar-refractivity contribution in [2.75, 3.05) is 37.0 Å². The molecule has 2 rings (SSSR count). The number of hydrogen-bond acceptors (Lipinski definition) is 8. The Bertz CT molecular complexity index is 603. The first kappa shape index (κ1) is 17.9. The van der Waals surface area contributed by atoms with E-state index < -0.39 is 16.8 Å². The number of carboxylic acids is 1. The number of piperidine rings is 1. The first-order chi connectivity index (χ1) is 11.4. The molecule has 1 atom stereocenters. The Morgan fingerprint density at radius 2 is 2.21 bits per heavy atom. The SMILES string of the molecule is COCC(C)Nc1ncnc(N2CCC(C(=O)O)CC2)c1[N+](=O)[O-]. The average Bonchev–Trinajstić information content (AvgIpc) is 2.54. The Kier molecular flexibility index (Phi) is 5.85. The van der Waals surface area contributed by atoms with Crippen LogP contribution in [0.2, 0.25) is 0 Å². The van der Waals surface area contributed by atoms with Crippen LogP contribution in [0.3, 0.4) is 0 Å². The van der Waals surface area contributed by atoms with E-state index in [-0.39, 0.29) is 23.4 Å². The summed E-state index contributed by atoms with van der Waals surface area (Å²) in [7, 11) is 1.55. The molecule has 0 spiro atoms. The van der Waals surface area contributed by atoms with Crippen LogP contribution in [-0.4, -0.2) is 58.8 Å². The summed E-state index contributed by atoms with van der Waals surface area (Å²) in [6.45, 7) is 3.01. The standard InChI is InChI=1S/C14H21N5O5/c1-9(7-24-2)17-12-11(19(22)23)13(16-8-15-12)18-5-3-10(4-6-18)14(20)21/h8-10H,3-7H2,1-2H3,(H,20,21)(H,15,16,17). The Morgan fingerprint density at radius 3 is 2.75 bits per heavy atom. The van der Waals surface area contributed by atoms with Gasteiger partial charge in [0.05, 0.1) is 17.4 Å². The van der Waals surface area contributed by atoms with Crippen LogP contribution in [0, 0.1) is 16.0 Å². The Hall–Kier alpha value is -2.49. The topological polar surface area (TPSA) is 131 Å². The molecule has 2 heterocycles. The zero-order valence-electron chi connectivity index (χ0n) is 13.6. The number of hydrogen-bond donors (Lipinski definition) is 2. The van der Waals surface area contributed by atoms with E-state index in [9.17, 15) is 14.9 Å². The van der Waals surface area contributed by atoms with Crippen molar-refractivity contribution in [2.45, 2.75) is 25.8 Å². The van der Waals surface area contributed by atoms with Gasteiger partial charge in [-0.1, -0.05) is 0 Å². The van der Waals surface area contributed by atoms with E-state index in [1.165, 1.54) is 6.33 Å². The van der Waals surface area contributed by atoms with Crippen molar-refractivity contribution in [3.8, 4) is 0 Å². The zero-order chi connectivity index (χ0) is 17.7. The highest BCUT2D eigenvalue weighted by molar-refractivity contribution is 5.72. The van der Waals surface area contributed by atoms with Crippen LogP contribution in [0.4, 0.5) is 17.3 Å². The third-order valence-corrected chi connectivity index (χ3v) is 3.93. The lowest BCUT2D eigenvalue weighted by molar-refractivity contribution is -0.383. The third kappa shape index (κ3) is 4.07. The number of rotatable bonds is 7. The van der Waals surface area contributed by atoms with Crippen molar-refractivity contribution in [2.24, 2.45) is 5.92 Å². The second-order valence-corrected chi connectivity index (χ2v) is 5.75. The summed E-state index contributed by atoms with van der Waals surface area (Å²) in [5.41, 5.74) is -0.200. The van der Waals surface area contributed by atoms with Gasteiger partial charge in [0.2, 0.25) is 11.6 Å². The van der Waals surface area contributed by atoms with Crippen molar-refractivity contribution in [1.29, 1.82) is 0 Å². The molecule has 0 aromatic carbocycles. The van der Waals surface area contributed by atoms with Crippen LogP contribution >= 0.6 is 0 Å². The largest absolute Gasteiger partial charge is 0.481 e. The summed E-state index contributed by atoms with van der Waals surface area (Å²) < 4.78 is 5.02. The number of aromatic nitrogens is 2. The molecule has 2 N–H and O–H groups in total. The molecule has 1 aromatic heterocycles. The minimum Gasteiger partial charge on any atom is -0.481 e. The Labute approximate surface area is 139 Å². The van der Waals surface area contributed by atoms with Gasteiger partial charge in [-0.05, 0) is 19.8 Å². The number of carboxylic acid groups (broad SMARTS) is 1. The molecule has 1 aliphatic heterocycles. The molecule has 1 saturated heterocycles. The van der Waals surface area contributed by atoms with E-state index >= 15 is 0 Å². The van der Waals surface area contributed by atoms with Crippen LogP contribution in [0.15, 0.2) is 6.33 Å². The molecule has 0 aliphatic carbocycles. The van der Waals surface area contributed by atoms with Gasteiger partial charge in [-0.25, -0.2) is 9.97 Å². The van der Waals surface area contributed by atoms with Crippen molar-refractivity contribution >= 4 is 23.3 Å². The fourth-order valence-electron chi connectivity index (χ4n) is 2.74. The average molecular weight is 339 g/mol. The highest BCUT2D eigenvalue weighted by atomic mass is 16.6. The summed E-state index contributed by atoms with van der Waals surface area (Å²) in [6, 6.07) is -0.158.